The van der Waals surface area contributed by atoms with Crippen LogP contribution in [0.2, 0.25) is 0 Å². The van der Waals surface area contributed by atoms with Gasteiger partial charge in [0, 0.05) is 6.54 Å². The fourth-order valence-corrected chi connectivity index (χ4v) is 3.52. The third-order valence-corrected chi connectivity index (χ3v) is 4.62. The first-order valence-electron chi connectivity index (χ1n) is 6.54. The van der Waals surface area contributed by atoms with E-state index >= 15 is 0 Å². The zero-order chi connectivity index (χ0) is 15.7. The van der Waals surface area contributed by atoms with Crippen molar-refractivity contribution in [3.05, 3.63) is 68.9 Å². The number of hydrogen-bond acceptors (Lipinski definition) is 4. The molecule has 2 aromatic heterocycles. The van der Waals surface area contributed by atoms with Crippen LogP contribution in [0, 0.1) is 9.77 Å². The molecule has 0 amide bonds. The number of thiazole rings is 1. The molecule has 0 atom stereocenters. The third kappa shape index (κ3) is 2.65. The molecule has 1 aromatic carbocycles. The molecule has 0 spiro atoms. The highest BCUT2D eigenvalue weighted by Gasteiger charge is 2.11. The molecule has 7 heteroatoms. The van der Waals surface area contributed by atoms with Crippen molar-refractivity contribution in [3.63, 3.8) is 0 Å². The molecule has 0 bridgehead atoms. The Morgan fingerprint density at radius 1 is 1.45 bits per heavy atom. The van der Waals surface area contributed by atoms with Crippen LogP contribution >= 0.6 is 23.6 Å². The van der Waals surface area contributed by atoms with Crippen LogP contribution in [0.5, 0.6) is 0 Å². The minimum atomic E-state index is -0.327. The van der Waals surface area contributed by atoms with E-state index in [0.717, 1.165) is 0 Å². The molecule has 3 aromatic rings. The lowest BCUT2D eigenvalue weighted by Crippen LogP contribution is -2.21. The van der Waals surface area contributed by atoms with Crippen LogP contribution < -0.4 is 5.56 Å². The summed E-state index contributed by atoms with van der Waals surface area (Å²) in [5, 5.41) is 0. The first-order chi connectivity index (χ1) is 10.6. The van der Waals surface area contributed by atoms with Crippen LogP contribution in [0.25, 0.3) is 10.3 Å². The molecule has 22 heavy (non-hydrogen) atoms. The number of halogens is 1. The zero-order valence-corrected chi connectivity index (χ0v) is 13.2. The van der Waals surface area contributed by atoms with Crippen LogP contribution in [-0.2, 0) is 13.1 Å². The fourth-order valence-electron chi connectivity index (χ4n) is 2.21. The van der Waals surface area contributed by atoms with Gasteiger partial charge in [0.15, 0.2) is 9.60 Å². The molecule has 2 heterocycles. The second-order valence-electron chi connectivity index (χ2n) is 4.73. The molecule has 0 aliphatic carbocycles. The maximum absolute atomic E-state index is 13.2. The van der Waals surface area contributed by atoms with Crippen LogP contribution in [0.4, 0.5) is 4.39 Å². The van der Waals surface area contributed by atoms with Gasteiger partial charge in [0.05, 0.1) is 6.54 Å². The van der Waals surface area contributed by atoms with Gasteiger partial charge in [0.25, 0.3) is 5.56 Å². The van der Waals surface area contributed by atoms with E-state index in [2.05, 4.69) is 11.6 Å². The van der Waals surface area contributed by atoms with Gasteiger partial charge in [0.2, 0.25) is 0 Å². The second-order valence-corrected chi connectivity index (χ2v) is 6.37. The average molecular weight is 333 g/mol. The van der Waals surface area contributed by atoms with Crippen molar-refractivity contribution < 1.29 is 4.39 Å². The maximum Gasteiger partial charge on any atom is 0.273 e. The lowest BCUT2D eigenvalue weighted by atomic mass is 10.2. The van der Waals surface area contributed by atoms with E-state index in [1.807, 2.05) is 0 Å². The van der Waals surface area contributed by atoms with Crippen LogP contribution in [0.3, 0.4) is 0 Å². The molecule has 0 saturated heterocycles. The first-order valence-corrected chi connectivity index (χ1v) is 7.76. The third-order valence-electron chi connectivity index (χ3n) is 3.20. The molecule has 0 N–H and O–H groups in total. The molecular formula is C15H12FN3OS2. The standard InChI is InChI=1S/C15H12FN3OS2/c1-2-6-19-13-12(22-15(19)21)14(20)18(9-17-13)8-10-4-3-5-11(16)7-10/h2-5,7,9H,1,6,8H2. The molecule has 0 unspecified atom stereocenters. The summed E-state index contributed by atoms with van der Waals surface area (Å²) < 4.78 is 17.6. The number of rotatable bonds is 4. The van der Waals surface area contributed by atoms with Gasteiger partial charge in [-0.15, -0.1) is 6.58 Å². The molecule has 0 saturated carbocycles. The van der Waals surface area contributed by atoms with Gasteiger partial charge in [-0.05, 0) is 29.9 Å². The van der Waals surface area contributed by atoms with Gasteiger partial charge in [-0.2, -0.15) is 0 Å². The van der Waals surface area contributed by atoms with Crippen LogP contribution in [-0.4, -0.2) is 14.1 Å². The van der Waals surface area contributed by atoms with E-state index < -0.39 is 0 Å². The van der Waals surface area contributed by atoms with E-state index in [1.165, 1.54) is 34.4 Å². The maximum atomic E-state index is 13.2. The summed E-state index contributed by atoms with van der Waals surface area (Å²) in [5.41, 5.74) is 1.10. The molecule has 3 rings (SSSR count). The molecule has 0 aliphatic rings. The largest absolute Gasteiger partial charge is 0.304 e. The van der Waals surface area contributed by atoms with Crippen molar-refractivity contribution in [2.45, 2.75) is 13.1 Å². The minimum absolute atomic E-state index is 0.173. The Kier molecular flexibility index (Phi) is 4.00. The van der Waals surface area contributed by atoms with Crippen molar-refractivity contribution in [1.29, 1.82) is 0 Å². The van der Waals surface area contributed by atoms with Crippen molar-refractivity contribution in [3.8, 4) is 0 Å². The molecule has 0 fully saturated rings. The summed E-state index contributed by atoms with van der Waals surface area (Å²) in [6, 6.07) is 6.16. The van der Waals surface area contributed by atoms with Gasteiger partial charge < -0.3 is 4.57 Å². The topological polar surface area (TPSA) is 39.8 Å². The second kappa shape index (κ2) is 5.94. The summed E-state index contributed by atoms with van der Waals surface area (Å²) in [5.74, 6) is -0.327. The van der Waals surface area contributed by atoms with Gasteiger partial charge in [-0.1, -0.05) is 29.5 Å². The highest BCUT2D eigenvalue weighted by molar-refractivity contribution is 7.73. The van der Waals surface area contributed by atoms with Gasteiger partial charge >= 0.3 is 0 Å². The Morgan fingerprint density at radius 2 is 2.27 bits per heavy atom. The molecule has 112 valence electrons. The van der Waals surface area contributed by atoms with E-state index in [-0.39, 0.29) is 17.9 Å². The SMILES string of the molecule is C=CCn1c(=S)sc2c(=O)n(Cc3cccc(F)c3)cnc21. The number of allylic oxidation sites excluding steroid dienone is 1. The smallest absolute Gasteiger partial charge is 0.273 e. The lowest BCUT2D eigenvalue weighted by molar-refractivity contribution is 0.622. The van der Waals surface area contributed by atoms with Crippen LogP contribution in [0.15, 0.2) is 48.0 Å². The quantitative estimate of drug-likeness (QED) is 0.543. The van der Waals surface area contributed by atoms with Crippen LogP contribution in [0.1, 0.15) is 5.56 Å². The summed E-state index contributed by atoms with van der Waals surface area (Å²) in [6.45, 7) is 4.46. The van der Waals surface area contributed by atoms with Crippen molar-refractivity contribution >= 4 is 33.9 Å². The summed E-state index contributed by atoms with van der Waals surface area (Å²) in [6.07, 6.45) is 3.18. The Morgan fingerprint density at radius 3 is 3.00 bits per heavy atom. The molecule has 0 aliphatic heterocycles. The first kappa shape index (κ1) is 14.8. The van der Waals surface area contributed by atoms with E-state index in [9.17, 15) is 9.18 Å². The molecule has 4 nitrogen and oxygen atoms in total. The number of fused-ring (bicyclic) bond motifs is 1. The molecule has 0 radical (unpaired) electrons. The Bertz CT molecular complexity index is 971. The van der Waals surface area contributed by atoms with E-state index in [1.54, 1.807) is 22.8 Å². The van der Waals surface area contributed by atoms with Gasteiger partial charge in [0.1, 0.15) is 16.8 Å². The van der Waals surface area contributed by atoms with Crippen molar-refractivity contribution in [2.24, 2.45) is 0 Å². The fraction of sp³-hybridized carbons (Fsp3) is 0.133. The Balaban J connectivity index is 2.09. The normalized spacial score (nSPS) is 11.0. The van der Waals surface area contributed by atoms with Gasteiger partial charge in [-0.3, -0.25) is 9.36 Å². The summed E-state index contributed by atoms with van der Waals surface area (Å²) in [7, 11) is 0. The zero-order valence-electron chi connectivity index (χ0n) is 11.5. The number of hydrogen-bond donors (Lipinski definition) is 0. The van der Waals surface area contributed by atoms with E-state index in [4.69, 9.17) is 12.2 Å². The molecular weight excluding hydrogens is 321 g/mol. The van der Waals surface area contributed by atoms with Crippen molar-refractivity contribution in [1.82, 2.24) is 14.1 Å². The number of aromatic nitrogens is 3. The lowest BCUT2D eigenvalue weighted by Gasteiger charge is -2.06. The number of benzene rings is 1. The van der Waals surface area contributed by atoms with Crippen molar-refractivity contribution in [2.75, 3.05) is 0 Å². The monoisotopic (exact) mass is 333 g/mol. The summed E-state index contributed by atoms with van der Waals surface area (Å²) in [4.78, 5) is 16.9. The Hall–Kier alpha value is -2.12. The highest BCUT2D eigenvalue weighted by atomic mass is 32.1. The minimum Gasteiger partial charge on any atom is -0.304 e. The predicted octanol–water partition coefficient (Wildman–Crippen LogP) is 3.36. The summed E-state index contributed by atoms with van der Waals surface area (Å²) >= 11 is 6.50. The van der Waals surface area contributed by atoms with Gasteiger partial charge in [-0.25, -0.2) is 9.37 Å². The highest BCUT2D eigenvalue weighted by Crippen LogP contribution is 2.18. The predicted molar refractivity (Wildman–Crippen MR) is 88.4 cm³/mol. The average Bonchev–Trinajstić information content (AvgIpc) is 2.80. The number of nitrogens with zero attached hydrogens (tertiary/aromatic N) is 3. The van der Waals surface area contributed by atoms with E-state index in [0.29, 0.717) is 26.4 Å². The Labute approximate surface area is 134 Å².